The van der Waals surface area contributed by atoms with Gasteiger partial charge in [-0.2, -0.15) is 0 Å². The van der Waals surface area contributed by atoms with Gasteiger partial charge in [-0.05, 0) is 49.1 Å². The molecular weight excluding hydrogens is 366 g/mol. The van der Waals surface area contributed by atoms with E-state index < -0.39 is 0 Å². The average Bonchev–Trinajstić information content (AvgIpc) is 3.50. The minimum Gasteiger partial charge on any atom is -0.342 e. The molecule has 3 amide bonds. The summed E-state index contributed by atoms with van der Waals surface area (Å²) in [4.78, 5) is 31.7. The van der Waals surface area contributed by atoms with Crippen LogP contribution < -0.4 is 16.0 Å². The summed E-state index contributed by atoms with van der Waals surface area (Å²) in [6.45, 7) is 0.975. The van der Waals surface area contributed by atoms with Crippen molar-refractivity contribution in [1.82, 2.24) is 20.6 Å². The van der Waals surface area contributed by atoms with Crippen LogP contribution in [-0.2, 0) is 17.8 Å². The number of benzene rings is 2. The zero-order valence-corrected chi connectivity index (χ0v) is 16.2. The van der Waals surface area contributed by atoms with Gasteiger partial charge in [-0.15, -0.1) is 0 Å². The Kier molecular flexibility index (Phi) is 5.74. The van der Waals surface area contributed by atoms with E-state index in [1.807, 2.05) is 48.5 Å². The number of para-hydroxylation sites is 2. The number of aromatic nitrogens is 2. The average molecular weight is 391 g/mol. The van der Waals surface area contributed by atoms with E-state index in [1.165, 1.54) is 0 Å². The SMILES string of the molecule is O=C(NCCCc1nc2ccccc2[nH]1)NCc1cccc(NC(=O)C2CC2)c1. The Morgan fingerprint density at radius 2 is 1.93 bits per heavy atom. The molecule has 0 aliphatic heterocycles. The smallest absolute Gasteiger partial charge is 0.315 e. The van der Waals surface area contributed by atoms with Gasteiger partial charge in [-0.3, -0.25) is 4.79 Å². The van der Waals surface area contributed by atoms with E-state index in [9.17, 15) is 9.59 Å². The lowest BCUT2D eigenvalue weighted by atomic mass is 10.2. The first kappa shape index (κ1) is 19.0. The normalized spacial score (nSPS) is 13.2. The number of hydrogen-bond donors (Lipinski definition) is 4. The molecule has 4 N–H and O–H groups in total. The van der Waals surface area contributed by atoms with Gasteiger partial charge in [-0.25, -0.2) is 9.78 Å². The minimum atomic E-state index is -0.206. The van der Waals surface area contributed by atoms with E-state index in [4.69, 9.17) is 0 Å². The molecule has 0 radical (unpaired) electrons. The lowest BCUT2D eigenvalue weighted by Gasteiger charge is -2.09. The monoisotopic (exact) mass is 391 g/mol. The van der Waals surface area contributed by atoms with Crippen LogP contribution in [0.2, 0.25) is 0 Å². The van der Waals surface area contributed by atoms with E-state index in [0.29, 0.717) is 13.1 Å². The molecule has 1 fully saturated rings. The number of aromatic amines is 1. The third-order valence-corrected chi connectivity index (χ3v) is 4.91. The molecular formula is C22H25N5O2. The van der Waals surface area contributed by atoms with Gasteiger partial charge in [0.1, 0.15) is 5.82 Å². The Bertz CT molecular complexity index is 976. The third-order valence-electron chi connectivity index (χ3n) is 4.91. The predicted molar refractivity (Wildman–Crippen MR) is 112 cm³/mol. The maximum absolute atomic E-state index is 12.0. The summed E-state index contributed by atoms with van der Waals surface area (Å²) in [5.41, 5.74) is 3.70. The number of fused-ring (bicyclic) bond motifs is 1. The predicted octanol–water partition coefficient (Wildman–Crippen LogP) is 3.34. The fraction of sp³-hybridized carbons (Fsp3) is 0.318. The lowest BCUT2D eigenvalue weighted by Crippen LogP contribution is -2.35. The van der Waals surface area contributed by atoms with Crippen molar-refractivity contribution in [1.29, 1.82) is 0 Å². The van der Waals surface area contributed by atoms with E-state index in [2.05, 4.69) is 25.9 Å². The summed E-state index contributed by atoms with van der Waals surface area (Å²) in [7, 11) is 0. The molecule has 1 saturated carbocycles. The molecule has 7 nitrogen and oxygen atoms in total. The third kappa shape index (κ3) is 5.34. The first-order valence-electron chi connectivity index (χ1n) is 10.0. The van der Waals surface area contributed by atoms with Crippen LogP contribution >= 0.6 is 0 Å². The molecule has 0 atom stereocenters. The molecule has 0 spiro atoms. The number of nitrogens with zero attached hydrogens (tertiary/aromatic N) is 1. The molecule has 1 heterocycles. The molecule has 4 rings (SSSR count). The van der Waals surface area contributed by atoms with Crippen LogP contribution in [0.25, 0.3) is 11.0 Å². The topological polar surface area (TPSA) is 98.9 Å². The van der Waals surface area contributed by atoms with Gasteiger partial charge in [0.2, 0.25) is 5.91 Å². The van der Waals surface area contributed by atoms with Crippen LogP contribution in [0.3, 0.4) is 0 Å². The van der Waals surface area contributed by atoms with Gasteiger partial charge in [0.25, 0.3) is 0 Å². The zero-order chi connectivity index (χ0) is 20.1. The van der Waals surface area contributed by atoms with Crippen LogP contribution in [0.4, 0.5) is 10.5 Å². The van der Waals surface area contributed by atoms with Crippen molar-refractivity contribution < 1.29 is 9.59 Å². The number of anilines is 1. The molecule has 2 aromatic carbocycles. The number of hydrogen-bond acceptors (Lipinski definition) is 3. The summed E-state index contributed by atoms with van der Waals surface area (Å²) in [6.07, 6.45) is 3.53. The van der Waals surface area contributed by atoms with Crippen molar-refractivity contribution in [3.63, 3.8) is 0 Å². The molecule has 7 heteroatoms. The molecule has 150 valence electrons. The van der Waals surface area contributed by atoms with Gasteiger partial charge in [0.15, 0.2) is 0 Å². The molecule has 29 heavy (non-hydrogen) atoms. The Balaban J connectivity index is 1.16. The quantitative estimate of drug-likeness (QED) is 0.443. The Labute approximate surface area is 169 Å². The van der Waals surface area contributed by atoms with Crippen LogP contribution in [0, 0.1) is 5.92 Å². The molecule has 1 aliphatic rings. The fourth-order valence-electron chi connectivity index (χ4n) is 3.18. The summed E-state index contributed by atoms with van der Waals surface area (Å²) in [5.74, 6) is 1.18. The first-order valence-corrected chi connectivity index (χ1v) is 10.0. The second-order valence-electron chi connectivity index (χ2n) is 7.38. The van der Waals surface area contributed by atoms with Crippen LogP contribution in [0.15, 0.2) is 48.5 Å². The van der Waals surface area contributed by atoms with Crippen molar-refractivity contribution in [3.8, 4) is 0 Å². The van der Waals surface area contributed by atoms with Crippen molar-refractivity contribution >= 4 is 28.7 Å². The highest BCUT2D eigenvalue weighted by molar-refractivity contribution is 5.94. The zero-order valence-electron chi connectivity index (χ0n) is 16.2. The number of amides is 3. The van der Waals surface area contributed by atoms with Crippen LogP contribution in [0.1, 0.15) is 30.7 Å². The Morgan fingerprint density at radius 3 is 2.76 bits per heavy atom. The number of imidazole rings is 1. The standard InChI is InChI=1S/C22H25N5O2/c28-21(16-10-11-16)25-17-6-3-5-15(13-17)14-24-22(29)23-12-4-9-20-26-18-7-1-2-8-19(18)27-20/h1-3,5-8,13,16H,4,9-12,14H2,(H,25,28)(H,26,27)(H2,23,24,29). The maximum Gasteiger partial charge on any atom is 0.315 e. The van der Waals surface area contributed by atoms with E-state index in [-0.39, 0.29) is 17.9 Å². The largest absolute Gasteiger partial charge is 0.342 e. The molecule has 0 saturated heterocycles. The van der Waals surface area contributed by atoms with E-state index >= 15 is 0 Å². The van der Waals surface area contributed by atoms with Crippen LogP contribution in [0.5, 0.6) is 0 Å². The van der Waals surface area contributed by atoms with Crippen molar-refractivity contribution in [2.45, 2.75) is 32.2 Å². The van der Waals surface area contributed by atoms with Crippen molar-refractivity contribution in [2.24, 2.45) is 5.92 Å². The lowest BCUT2D eigenvalue weighted by molar-refractivity contribution is -0.117. The Morgan fingerprint density at radius 1 is 1.07 bits per heavy atom. The molecule has 0 unspecified atom stereocenters. The van der Waals surface area contributed by atoms with Gasteiger partial charge in [0.05, 0.1) is 11.0 Å². The van der Waals surface area contributed by atoms with Crippen molar-refractivity contribution in [2.75, 3.05) is 11.9 Å². The number of carbonyl (C=O) groups excluding carboxylic acids is 2. The van der Waals surface area contributed by atoms with Crippen LogP contribution in [-0.4, -0.2) is 28.5 Å². The number of H-pyrrole nitrogens is 1. The Hall–Kier alpha value is -3.35. The second kappa shape index (κ2) is 8.77. The van der Waals surface area contributed by atoms with Gasteiger partial charge in [-0.1, -0.05) is 24.3 Å². The molecule has 0 bridgehead atoms. The maximum atomic E-state index is 12.0. The molecule has 1 aromatic heterocycles. The number of rotatable bonds is 8. The second-order valence-corrected chi connectivity index (χ2v) is 7.38. The molecule has 3 aromatic rings. The first-order chi connectivity index (χ1) is 14.2. The van der Waals surface area contributed by atoms with E-state index in [0.717, 1.165) is 53.8 Å². The number of carbonyl (C=O) groups is 2. The fourth-order valence-corrected chi connectivity index (χ4v) is 3.18. The summed E-state index contributed by atoms with van der Waals surface area (Å²) >= 11 is 0. The van der Waals surface area contributed by atoms with Gasteiger partial charge < -0.3 is 20.9 Å². The van der Waals surface area contributed by atoms with E-state index in [1.54, 1.807) is 0 Å². The van der Waals surface area contributed by atoms with Gasteiger partial charge >= 0.3 is 6.03 Å². The van der Waals surface area contributed by atoms with Gasteiger partial charge in [0, 0.05) is 31.1 Å². The number of urea groups is 1. The number of nitrogens with one attached hydrogen (secondary N) is 4. The summed E-state index contributed by atoms with van der Waals surface area (Å²) < 4.78 is 0. The highest BCUT2D eigenvalue weighted by atomic mass is 16.2. The summed E-state index contributed by atoms with van der Waals surface area (Å²) in [6, 6.07) is 15.3. The minimum absolute atomic E-state index is 0.0808. The number of aryl methyl sites for hydroxylation is 1. The highest BCUT2D eigenvalue weighted by Crippen LogP contribution is 2.30. The highest BCUT2D eigenvalue weighted by Gasteiger charge is 2.29. The van der Waals surface area contributed by atoms with Crippen molar-refractivity contribution in [3.05, 3.63) is 59.9 Å². The molecule has 1 aliphatic carbocycles. The summed E-state index contributed by atoms with van der Waals surface area (Å²) in [5, 5.41) is 8.64.